The fraction of sp³-hybridized carbons (Fsp3) is 0.200. The van der Waals surface area contributed by atoms with Crippen molar-refractivity contribution in [3.8, 4) is 11.5 Å². The Labute approximate surface area is 212 Å². The van der Waals surface area contributed by atoms with E-state index in [1.165, 1.54) is 19.3 Å². The molecule has 0 saturated heterocycles. The first-order valence-corrected chi connectivity index (χ1v) is 12.4. The lowest BCUT2D eigenvalue weighted by atomic mass is 10.1. The summed E-state index contributed by atoms with van der Waals surface area (Å²) >= 11 is 4.65. The molecule has 5 heteroatoms. The zero-order valence-corrected chi connectivity index (χ0v) is 20.7. The fourth-order valence-electron chi connectivity index (χ4n) is 3.69. The largest absolute Gasteiger partial charge is 0.494 e. The minimum absolute atomic E-state index is 0.406. The molecule has 35 heavy (non-hydrogen) atoms. The molecule has 4 aromatic rings. The van der Waals surface area contributed by atoms with Crippen LogP contribution in [0.1, 0.15) is 48.5 Å². The molecule has 0 unspecified atom stereocenters. The van der Waals surface area contributed by atoms with E-state index >= 15 is 0 Å². The maximum Gasteiger partial charge on any atom is 0.343 e. The van der Waals surface area contributed by atoms with Gasteiger partial charge in [-0.05, 0) is 77.4 Å². The molecule has 0 aliphatic carbocycles. The molecule has 4 rings (SSSR count). The number of hydrogen-bond donors (Lipinski definition) is 1. The molecular weight excluding hydrogens is 454 g/mol. The van der Waals surface area contributed by atoms with Gasteiger partial charge in [-0.1, -0.05) is 56.5 Å². The lowest BCUT2D eigenvalue weighted by molar-refractivity contribution is 0.0734. The number of carbonyl (C=O) groups is 1. The predicted molar refractivity (Wildman–Crippen MR) is 146 cm³/mol. The van der Waals surface area contributed by atoms with E-state index in [0.29, 0.717) is 17.9 Å². The number of aliphatic imine (C=N–C) groups is 1. The van der Waals surface area contributed by atoms with Crippen molar-refractivity contribution in [2.75, 3.05) is 6.61 Å². The molecule has 0 radical (unpaired) electrons. The summed E-state index contributed by atoms with van der Waals surface area (Å²) in [4.78, 5) is 17.9. The number of unbranched alkanes of at least 4 members (excludes halogenated alkanes) is 3. The van der Waals surface area contributed by atoms with Crippen LogP contribution in [0.25, 0.3) is 10.8 Å². The van der Waals surface area contributed by atoms with Crippen molar-refractivity contribution in [2.24, 2.45) is 4.99 Å². The summed E-state index contributed by atoms with van der Waals surface area (Å²) in [5.41, 5.74) is 2.17. The van der Waals surface area contributed by atoms with Gasteiger partial charge in [-0.2, -0.15) is 0 Å². The van der Waals surface area contributed by atoms with Gasteiger partial charge in [-0.15, -0.1) is 12.6 Å². The van der Waals surface area contributed by atoms with Gasteiger partial charge < -0.3 is 9.47 Å². The molecule has 4 nitrogen and oxygen atoms in total. The predicted octanol–water partition coefficient (Wildman–Crippen LogP) is 8.06. The molecule has 0 aliphatic heterocycles. The topological polar surface area (TPSA) is 47.9 Å². The highest BCUT2D eigenvalue weighted by Crippen LogP contribution is 2.31. The molecule has 0 spiro atoms. The number of carbonyl (C=O) groups excluding carboxylic acids is 1. The van der Waals surface area contributed by atoms with Crippen molar-refractivity contribution in [3.63, 3.8) is 0 Å². The van der Waals surface area contributed by atoms with Crippen molar-refractivity contribution >= 4 is 41.3 Å². The zero-order chi connectivity index (χ0) is 24.5. The Morgan fingerprint density at radius 1 is 0.857 bits per heavy atom. The molecule has 178 valence electrons. The molecule has 0 aliphatic rings. The maximum absolute atomic E-state index is 12.5. The van der Waals surface area contributed by atoms with Crippen LogP contribution in [0.15, 0.2) is 94.8 Å². The molecule has 0 atom stereocenters. The average Bonchev–Trinajstić information content (AvgIpc) is 2.89. The van der Waals surface area contributed by atoms with Crippen LogP contribution in [-0.4, -0.2) is 18.8 Å². The minimum atomic E-state index is -0.406. The summed E-state index contributed by atoms with van der Waals surface area (Å²) < 4.78 is 11.2. The summed E-state index contributed by atoms with van der Waals surface area (Å²) in [5.74, 6) is 0.832. The quantitative estimate of drug-likeness (QED) is 0.0816. The third-order valence-electron chi connectivity index (χ3n) is 5.68. The molecule has 0 N–H and O–H groups in total. The second-order valence-electron chi connectivity index (χ2n) is 8.30. The Bertz CT molecular complexity index is 1300. The molecule has 0 heterocycles. The third kappa shape index (κ3) is 6.74. The molecule has 0 aromatic heterocycles. The first-order valence-electron chi connectivity index (χ1n) is 11.9. The van der Waals surface area contributed by atoms with Gasteiger partial charge in [0, 0.05) is 11.1 Å². The fourth-order valence-corrected chi connectivity index (χ4v) is 4.02. The van der Waals surface area contributed by atoms with E-state index in [0.717, 1.165) is 39.1 Å². The highest BCUT2D eigenvalue weighted by Gasteiger charge is 2.09. The van der Waals surface area contributed by atoms with Crippen molar-refractivity contribution in [3.05, 3.63) is 96.1 Å². The third-order valence-corrected chi connectivity index (χ3v) is 6.15. The number of ether oxygens (including phenoxy) is 2. The molecular formula is C30H29NO3S. The van der Waals surface area contributed by atoms with Gasteiger partial charge in [0.2, 0.25) is 0 Å². The Balaban J connectivity index is 1.33. The van der Waals surface area contributed by atoms with E-state index < -0.39 is 5.97 Å². The standard InChI is InChI=1S/C30H29NO3S/c1-2-3-4-7-20-33-25-17-12-24(13-18-25)30(32)34-26-15-10-22(11-16-26)21-31-28-19-14-23-8-5-6-9-27(23)29(28)35/h5-6,8-19,21,35H,2-4,7,20H2,1H3. The van der Waals surface area contributed by atoms with Crippen molar-refractivity contribution in [1.82, 2.24) is 0 Å². The molecule has 0 fully saturated rings. The summed E-state index contributed by atoms with van der Waals surface area (Å²) in [6, 6.07) is 26.4. The van der Waals surface area contributed by atoms with E-state index in [1.54, 1.807) is 42.6 Å². The number of rotatable bonds is 10. The first-order chi connectivity index (χ1) is 17.1. The Morgan fingerprint density at radius 3 is 2.37 bits per heavy atom. The smallest absolute Gasteiger partial charge is 0.343 e. The normalized spacial score (nSPS) is 11.1. The van der Waals surface area contributed by atoms with Crippen LogP contribution in [0.3, 0.4) is 0 Å². The Kier molecular flexibility index (Phi) is 8.58. The van der Waals surface area contributed by atoms with E-state index in [-0.39, 0.29) is 0 Å². The lowest BCUT2D eigenvalue weighted by Crippen LogP contribution is -2.08. The lowest BCUT2D eigenvalue weighted by Gasteiger charge is -2.08. The number of fused-ring (bicyclic) bond motifs is 1. The first kappa shape index (κ1) is 24.6. The van der Waals surface area contributed by atoms with E-state index in [9.17, 15) is 4.79 Å². The van der Waals surface area contributed by atoms with Gasteiger partial charge in [0.05, 0.1) is 17.9 Å². The van der Waals surface area contributed by atoms with Gasteiger partial charge in [-0.25, -0.2) is 4.79 Å². The van der Waals surface area contributed by atoms with E-state index in [1.807, 2.05) is 42.5 Å². The van der Waals surface area contributed by atoms with Gasteiger partial charge in [0.25, 0.3) is 0 Å². The van der Waals surface area contributed by atoms with Gasteiger partial charge in [0.1, 0.15) is 11.5 Å². The molecule has 0 saturated carbocycles. The molecule has 4 aromatic carbocycles. The highest BCUT2D eigenvalue weighted by atomic mass is 32.1. The molecule has 0 amide bonds. The summed E-state index contributed by atoms with van der Waals surface area (Å²) in [6.45, 7) is 2.88. The number of nitrogens with zero attached hydrogens (tertiary/aromatic N) is 1. The monoisotopic (exact) mass is 483 g/mol. The van der Waals surface area contributed by atoms with Gasteiger partial charge in [0.15, 0.2) is 0 Å². The number of thiol groups is 1. The number of benzene rings is 4. The number of esters is 1. The van der Waals surface area contributed by atoms with Crippen molar-refractivity contribution in [1.29, 1.82) is 0 Å². The second kappa shape index (κ2) is 12.2. The summed E-state index contributed by atoms with van der Waals surface area (Å²) in [6.07, 6.45) is 6.41. The highest BCUT2D eigenvalue weighted by molar-refractivity contribution is 7.80. The Morgan fingerprint density at radius 2 is 1.60 bits per heavy atom. The SMILES string of the molecule is CCCCCCOc1ccc(C(=O)Oc2ccc(C=Nc3ccc4ccccc4c3S)cc2)cc1. The maximum atomic E-state index is 12.5. The number of hydrogen-bond acceptors (Lipinski definition) is 5. The van der Waals surface area contributed by atoms with Crippen LogP contribution in [0.2, 0.25) is 0 Å². The zero-order valence-electron chi connectivity index (χ0n) is 19.8. The van der Waals surface area contributed by atoms with Crippen LogP contribution in [0, 0.1) is 0 Å². The minimum Gasteiger partial charge on any atom is -0.494 e. The van der Waals surface area contributed by atoms with Crippen LogP contribution in [0.5, 0.6) is 11.5 Å². The second-order valence-corrected chi connectivity index (χ2v) is 8.75. The Hall–Kier alpha value is -3.57. The van der Waals surface area contributed by atoms with Crippen molar-refractivity contribution < 1.29 is 14.3 Å². The summed E-state index contributed by atoms with van der Waals surface area (Å²) in [5, 5.41) is 2.20. The van der Waals surface area contributed by atoms with Crippen LogP contribution in [-0.2, 0) is 0 Å². The van der Waals surface area contributed by atoms with Crippen LogP contribution >= 0.6 is 12.6 Å². The van der Waals surface area contributed by atoms with Crippen molar-refractivity contribution in [2.45, 2.75) is 37.5 Å². The van der Waals surface area contributed by atoms with Gasteiger partial charge in [-0.3, -0.25) is 4.99 Å². The van der Waals surface area contributed by atoms with E-state index in [4.69, 9.17) is 9.47 Å². The van der Waals surface area contributed by atoms with Crippen LogP contribution < -0.4 is 9.47 Å². The average molecular weight is 484 g/mol. The van der Waals surface area contributed by atoms with Gasteiger partial charge >= 0.3 is 5.97 Å². The summed E-state index contributed by atoms with van der Waals surface area (Å²) in [7, 11) is 0. The van der Waals surface area contributed by atoms with Crippen LogP contribution in [0.4, 0.5) is 5.69 Å². The molecule has 0 bridgehead atoms. The van der Waals surface area contributed by atoms with E-state index in [2.05, 4.69) is 30.6 Å².